The fourth-order valence-corrected chi connectivity index (χ4v) is 3.79. The van der Waals surface area contributed by atoms with E-state index in [0.29, 0.717) is 31.4 Å². The average Bonchev–Trinajstić information content (AvgIpc) is 3.15. The topological polar surface area (TPSA) is 49.4 Å². The lowest BCUT2D eigenvalue weighted by Gasteiger charge is -2.29. The Balaban J connectivity index is 1.50. The number of nitrogens with one attached hydrogen (secondary N) is 1. The van der Waals surface area contributed by atoms with Gasteiger partial charge in [0.25, 0.3) is 0 Å². The highest BCUT2D eigenvalue weighted by atomic mass is 19.4. The lowest BCUT2D eigenvalue weighted by Crippen LogP contribution is -2.37. The van der Waals surface area contributed by atoms with Gasteiger partial charge in [-0.05, 0) is 62.8 Å². The second kappa shape index (κ2) is 7.68. The fourth-order valence-electron chi connectivity index (χ4n) is 3.79. The number of carbonyl (C=O) groups excluding carboxylic acids is 2. The summed E-state index contributed by atoms with van der Waals surface area (Å²) in [6.07, 6.45) is 0.407. The first-order valence-electron chi connectivity index (χ1n) is 9.11. The van der Waals surface area contributed by atoms with Gasteiger partial charge in [0.1, 0.15) is 0 Å². The van der Waals surface area contributed by atoms with Crippen LogP contribution in [0.3, 0.4) is 0 Å². The molecule has 1 saturated heterocycles. The number of likely N-dealkylation sites (tertiary alicyclic amines) is 1. The van der Waals surface area contributed by atoms with E-state index in [1.54, 1.807) is 0 Å². The molecular formula is C19H23F3N2O2. The van der Waals surface area contributed by atoms with Crippen LogP contribution in [0.2, 0.25) is 0 Å². The predicted octanol–water partition coefficient (Wildman–Crippen LogP) is 4.07. The van der Waals surface area contributed by atoms with Crippen molar-refractivity contribution in [1.29, 1.82) is 0 Å². The molecule has 1 aromatic carbocycles. The van der Waals surface area contributed by atoms with E-state index >= 15 is 0 Å². The Kier molecular flexibility index (Phi) is 5.53. The molecule has 2 fully saturated rings. The zero-order chi connectivity index (χ0) is 18.7. The van der Waals surface area contributed by atoms with Crippen LogP contribution in [0.15, 0.2) is 24.3 Å². The van der Waals surface area contributed by atoms with Gasteiger partial charge in [-0.25, -0.2) is 0 Å². The Morgan fingerprint density at radius 1 is 0.923 bits per heavy atom. The maximum Gasteiger partial charge on any atom is 0.416 e. The molecule has 0 atom stereocenters. The highest BCUT2D eigenvalue weighted by Crippen LogP contribution is 2.32. The molecule has 0 radical (unpaired) electrons. The van der Waals surface area contributed by atoms with Gasteiger partial charge in [0.2, 0.25) is 11.8 Å². The quantitative estimate of drug-likeness (QED) is 0.874. The van der Waals surface area contributed by atoms with Crippen molar-refractivity contribution in [3.63, 3.8) is 0 Å². The number of nitrogens with zero attached hydrogens (tertiary/aromatic N) is 1. The Bertz CT molecular complexity index is 644. The summed E-state index contributed by atoms with van der Waals surface area (Å²) in [5.74, 6) is -0.163. The third-order valence-corrected chi connectivity index (χ3v) is 5.34. The van der Waals surface area contributed by atoms with E-state index in [0.717, 1.165) is 38.1 Å². The number of carbonyl (C=O) groups is 2. The third-order valence-electron chi connectivity index (χ3n) is 5.34. The molecule has 26 heavy (non-hydrogen) atoms. The molecule has 1 heterocycles. The average molecular weight is 368 g/mol. The molecule has 1 aliphatic heterocycles. The molecule has 0 spiro atoms. The summed E-state index contributed by atoms with van der Waals surface area (Å²) in [4.78, 5) is 26.7. The standard InChI is InChI=1S/C19H23F3N2O2/c20-19(21,22)15-7-9-16(10-8-15)23-17(25)13-3-5-14(6-4-13)18(26)24-11-1-2-12-24/h7-10,13-14H,1-6,11-12H2,(H,23,25). The van der Waals surface area contributed by atoms with Crippen molar-refractivity contribution in [3.8, 4) is 0 Å². The number of rotatable bonds is 3. The molecular weight excluding hydrogens is 345 g/mol. The number of alkyl halides is 3. The normalized spacial score (nSPS) is 23.7. The Labute approximate surface area is 150 Å². The van der Waals surface area contributed by atoms with Gasteiger partial charge in [-0.3, -0.25) is 9.59 Å². The number of anilines is 1. The molecule has 3 rings (SSSR count). The summed E-state index contributed by atoms with van der Waals surface area (Å²) in [5, 5.41) is 2.69. The summed E-state index contributed by atoms with van der Waals surface area (Å²) < 4.78 is 37.7. The van der Waals surface area contributed by atoms with Crippen molar-refractivity contribution < 1.29 is 22.8 Å². The number of benzene rings is 1. The molecule has 142 valence electrons. The Morgan fingerprint density at radius 3 is 2.00 bits per heavy atom. The van der Waals surface area contributed by atoms with E-state index in [-0.39, 0.29) is 23.7 Å². The summed E-state index contributed by atoms with van der Waals surface area (Å²) in [5.41, 5.74) is -0.380. The van der Waals surface area contributed by atoms with Gasteiger partial charge in [0.15, 0.2) is 0 Å². The van der Waals surface area contributed by atoms with Gasteiger partial charge in [-0.15, -0.1) is 0 Å². The van der Waals surface area contributed by atoms with Gasteiger partial charge in [-0.1, -0.05) is 0 Å². The Hall–Kier alpha value is -2.05. The molecule has 0 unspecified atom stereocenters. The molecule has 7 heteroatoms. The molecule has 1 aliphatic carbocycles. The van der Waals surface area contributed by atoms with Crippen molar-refractivity contribution in [1.82, 2.24) is 4.90 Å². The number of halogens is 3. The van der Waals surface area contributed by atoms with Crippen molar-refractivity contribution in [3.05, 3.63) is 29.8 Å². The van der Waals surface area contributed by atoms with E-state index in [1.165, 1.54) is 12.1 Å². The zero-order valence-electron chi connectivity index (χ0n) is 14.5. The molecule has 2 aliphatic rings. The van der Waals surface area contributed by atoms with Crippen LogP contribution in [0.1, 0.15) is 44.1 Å². The molecule has 1 saturated carbocycles. The van der Waals surface area contributed by atoms with Gasteiger partial charge < -0.3 is 10.2 Å². The van der Waals surface area contributed by atoms with Crippen LogP contribution in [0, 0.1) is 11.8 Å². The predicted molar refractivity (Wildman–Crippen MR) is 91.3 cm³/mol. The second-order valence-corrected chi connectivity index (χ2v) is 7.15. The SMILES string of the molecule is O=C(Nc1ccc(C(F)(F)F)cc1)C1CCC(C(=O)N2CCCC2)CC1. The van der Waals surface area contributed by atoms with Crippen molar-refractivity contribution in [2.75, 3.05) is 18.4 Å². The largest absolute Gasteiger partial charge is 0.416 e. The molecule has 4 nitrogen and oxygen atoms in total. The first-order chi connectivity index (χ1) is 12.3. The molecule has 1 aromatic rings. The van der Waals surface area contributed by atoms with Gasteiger partial charge in [0, 0.05) is 30.6 Å². The maximum absolute atomic E-state index is 12.6. The summed E-state index contributed by atoms with van der Waals surface area (Å²) in [6, 6.07) is 4.45. The van der Waals surface area contributed by atoms with Crippen LogP contribution in [-0.4, -0.2) is 29.8 Å². The van der Waals surface area contributed by atoms with E-state index < -0.39 is 11.7 Å². The minimum absolute atomic E-state index is 0.00298. The van der Waals surface area contributed by atoms with Gasteiger partial charge in [0.05, 0.1) is 5.56 Å². The van der Waals surface area contributed by atoms with Crippen LogP contribution in [0.5, 0.6) is 0 Å². The minimum atomic E-state index is -4.39. The highest BCUT2D eigenvalue weighted by molar-refractivity contribution is 5.92. The van der Waals surface area contributed by atoms with E-state index in [4.69, 9.17) is 0 Å². The highest BCUT2D eigenvalue weighted by Gasteiger charge is 2.33. The van der Waals surface area contributed by atoms with Gasteiger partial charge >= 0.3 is 6.18 Å². The number of amides is 2. The van der Waals surface area contributed by atoms with Crippen LogP contribution < -0.4 is 5.32 Å². The molecule has 2 amide bonds. The fraction of sp³-hybridized carbons (Fsp3) is 0.579. The summed E-state index contributed by atoms with van der Waals surface area (Å²) in [7, 11) is 0. The van der Waals surface area contributed by atoms with E-state index in [2.05, 4.69) is 5.32 Å². The number of hydrogen-bond acceptors (Lipinski definition) is 2. The first kappa shape index (κ1) is 18.7. The molecule has 1 N–H and O–H groups in total. The lowest BCUT2D eigenvalue weighted by molar-refractivity contribution is -0.137. The van der Waals surface area contributed by atoms with E-state index in [1.807, 2.05) is 4.90 Å². The van der Waals surface area contributed by atoms with Crippen LogP contribution in [0.4, 0.5) is 18.9 Å². The third kappa shape index (κ3) is 4.37. The van der Waals surface area contributed by atoms with Crippen molar-refractivity contribution in [2.24, 2.45) is 11.8 Å². The monoisotopic (exact) mass is 368 g/mol. The van der Waals surface area contributed by atoms with Crippen molar-refractivity contribution >= 4 is 17.5 Å². The summed E-state index contributed by atoms with van der Waals surface area (Å²) in [6.45, 7) is 1.68. The maximum atomic E-state index is 12.6. The number of hydrogen-bond donors (Lipinski definition) is 1. The van der Waals surface area contributed by atoms with Crippen LogP contribution in [0.25, 0.3) is 0 Å². The lowest BCUT2D eigenvalue weighted by atomic mass is 9.81. The molecule has 0 bridgehead atoms. The first-order valence-corrected chi connectivity index (χ1v) is 9.11. The zero-order valence-corrected chi connectivity index (χ0v) is 14.5. The molecule has 0 aromatic heterocycles. The summed E-state index contributed by atoms with van der Waals surface area (Å²) >= 11 is 0. The van der Waals surface area contributed by atoms with Crippen LogP contribution >= 0.6 is 0 Å². The second-order valence-electron chi connectivity index (χ2n) is 7.15. The Morgan fingerprint density at radius 2 is 1.46 bits per heavy atom. The van der Waals surface area contributed by atoms with Crippen LogP contribution in [-0.2, 0) is 15.8 Å². The van der Waals surface area contributed by atoms with Gasteiger partial charge in [-0.2, -0.15) is 13.2 Å². The van der Waals surface area contributed by atoms with Crippen molar-refractivity contribution in [2.45, 2.75) is 44.7 Å². The van der Waals surface area contributed by atoms with E-state index in [9.17, 15) is 22.8 Å². The minimum Gasteiger partial charge on any atom is -0.342 e. The smallest absolute Gasteiger partial charge is 0.342 e.